The first-order valence-corrected chi connectivity index (χ1v) is 10.9. The molecule has 2 aliphatic heterocycles. The zero-order chi connectivity index (χ0) is 20.2. The van der Waals surface area contributed by atoms with Crippen LogP contribution in [-0.2, 0) is 10.8 Å². The first-order chi connectivity index (χ1) is 14.1. The van der Waals surface area contributed by atoms with Crippen LogP contribution in [0, 0.1) is 10.1 Å². The average Bonchev–Trinajstić information content (AvgIpc) is 2.75. The van der Waals surface area contributed by atoms with E-state index in [-0.39, 0.29) is 42.1 Å². The van der Waals surface area contributed by atoms with Crippen molar-refractivity contribution in [3.8, 4) is 0 Å². The number of hydrogen-bond acceptors (Lipinski definition) is 10. The van der Waals surface area contributed by atoms with E-state index in [1.54, 1.807) is 24.5 Å². The Balaban J connectivity index is 0.00000171. The van der Waals surface area contributed by atoms with Crippen LogP contribution in [0.25, 0.3) is 0 Å². The first-order valence-electron chi connectivity index (χ1n) is 9.41. The predicted octanol–water partition coefficient (Wildman–Crippen LogP) is 1.35. The topological polar surface area (TPSA) is 129 Å². The molecule has 14 heteroatoms. The molecule has 31 heavy (non-hydrogen) atoms. The van der Waals surface area contributed by atoms with Crippen LogP contribution in [0.1, 0.15) is 0 Å². The second-order valence-corrected chi connectivity index (χ2v) is 8.43. The standard InChI is InChI=1S/C17H22N8O3S.2ClH/c26-25(27)14-15(20-13-1-3-18-4-2-13)21-17(24-7-5-19-6-8-24)22-16(14)23-9-11-29(28)12-10-23;;/h1-4,19H,5-12H2,(H,18,20,21,22);2*1H. The van der Waals surface area contributed by atoms with Crippen LogP contribution < -0.4 is 20.4 Å². The fourth-order valence-electron chi connectivity index (χ4n) is 3.34. The lowest BCUT2D eigenvalue weighted by molar-refractivity contribution is -0.383. The molecule has 2 aliphatic rings. The summed E-state index contributed by atoms with van der Waals surface area (Å²) in [5, 5.41) is 18.3. The Bertz CT molecular complexity index is 908. The van der Waals surface area contributed by atoms with Crippen LogP contribution in [0.2, 0.25) is 0 Å². The van der Waals surface area contributed by atoms with E-state index in [0.29, 0.717) is 36.2 Å². The largest absolute Gasteiger partial charge is 0.353 e. The second-order valence-electron chi connectivity index (χ2n) is 6.73. The number of pyridine rings is 1. The second kappa shape index (κ2) is 11.4. The van der Waals surface area contributed by atoms with Crippen molar-refractivity contribution in [1.82, 2.24) is 20.3 Å². The predicted molar refractivity (Wildman–Crippen MR) is 126 cm³/mol. The van der Waals surface area contributed by atoms with Gasteiger partial charge in [-0.3, -0.25) is 19.3 Å². The molecular formula is C17H24Cl2N8O3S. The van der Waals surface area contributed by atoms with Crippen molar-refractivity contribution in [2.24, 2.45) is 0 Å². The molecule has 11 nitrogen and oxygen atoms in total. The van der Waals surface area contributed by atoms with Crippen molar-refractivity contribution in [2.45, 2.75) is 0 Å². The van der Waals surface area contributed by atoms with Crippen molar-refractivity contribution in [3.05, 3.63) is 34.6 Å². The van der Waals surface area contributed by atoms with Crippen LogP contribution in [0.15, 0.2) is 24.5 Å². The Morgan fingerprint density at radius 3 is 2.29 bits per heavy atom. The molecule has 0 radical (unpaired) electrons. The number of nitrogens with one attached hydrogen (secondary N) is 2. The monoisotopic (exact) mass is 490 g/mol. The molecule has 0 aromatic carbocycles. The lowest BCUT2D eigenvalue weighted by atomic mass is 10.3. The van der Waals surface area contributed by atoms with Gasteiger partial charge in [0.25, 0.3) is 0 Å². The van der Waals surface area contributed by atoms with E-state index in [9.17, 15) is 14.3 Å². The van der Waals surface area contributed by atoms with Gasteiger partial charge in [0, 0.05) is 79.7 Å². The van der Waals surface area contributed by atoms with Crippen molar-refractivity contribution < 1.29 is 9.13 Å². The quantitative estimate of drug-likeness (QED) is 0.467. The maximum absolute atomic E-state index is 12.0. The lowest BCUT2D eigenvalue weighted by Gasteiger charge is -2.31. The summed E-state index contributed by atoms with van der Waals surface area (Å²) in [6.45, 7) is 3.95. The van der Waals surface area contributed by atoms with Crippen LogP contribution in [-0.4, -0.2) is 74.9 Å². The van der Waals surface area contributed by atoms with Gasteiger partial charge in [0.15, 0.2) is 0 Å². The molecule has 2 saturated heterocycles. The minimum absolute atomic E-state index is 0. The molecule has 2 aromatic heterocycles. The Morgan fingerprint density at radius 1 is 1.03 bits per heavy atom. The van der Waals surface area contributed by atoms with Gasteiger partial charge in [-0.15, -0.1) is 24.8 Å². The highest BCUT2D eigenvalue weighted by Gasteiger charge is 2.32. The van der Waals surface area contributed by atoms with Crippen LogP contribution in [0.3, 0.4) is 0 Å². The number of halogens is 2. The van der Waals surface area contributed by atoms with E-state index in [0.717, 1.165) is 26.2 Å². The Morgan fingerprint density at radius 2 is 1.68 bits per heavy atom. The van der Waals surface area contributed by atoms with E-state index >= 15 is 0 Å². The van der Waals surface area contributed by atoms with Crippen LogP contribution in [0.4, 0.5) is 29.0 Å². The molecule has 2 fully saturated rings. The summed E-state index contributed by atoms with van der Waals surface area (Å²) < 4.78 is 11.8. The molecule has 2 aromatic rings. The molecule has 0 unspecified atom stereocenters. The minimum atomic E-state index is -0.895. The van der Waals surface area contributed by atoms with Gasteiger partial charge in [0.05, 0.1) is 4.92 Å². The van der Waals surface area contributed by atoms with Crippen molar-refractivity contribution in [2.75, 3.05) is 65.9 Å². The fraction of sp³-hybridized carbons (Fsp3) is 0.471. The zero-order valence-electron chi connectivity index (χ0n) is 16.6. The fourth-order valence-corrected chi connectivity index (χ4v) is 4.39. The highest BCUT2D eigenvalue weighted by Crippen LogP contribution is 2.36. The third-order valence-electron chi connectivity index (χ3n) is 4.86. The number of nitrogens with zero attached hydrogens (tertiary/aromatic N) is 6. The lowest BCUT2D eigenvalue weighted by Crippen LogP contribution is -2.45. The molecule has 2 N–H and O–H groups in total. The Hall–Kier alpha value is -2.28. The number of hydrogen-bond donors (Lipinski definition) is 2. The van der Waals surface area contributed by atoms with Gasteiger partial charge in [0.1, 0.15) is 0 Å². The van der Waals surface area contributed by atoms with Gasteiger partial charge < -0.3 is 20.4 Å². The van der Waals surface area contributed by atoms with Crippen molar-refractivity contribution in [3.63, 3.8) is 0 Å². The molecular weight excluding hydrogens is 467 g/mol. The van der Waals surface area contributed by atoms with E-state index in [2.05, 4.69) is 25.6 Å². The average molecular weight is 491 g/mol. The van der Waals surface area contributed by atoms with Gasteiger partial charge in [-0.1, -0.05) is 0 Å². The highest BCUT2D eigenvalue weighted by atomic mass is 35.5. The number of nitro groups is 1. The smallest absolute Gasteiger partial charge is 0.349 e. The van der Waals surface area contributed by atoms with Crippen molar-refractivity contribution >= 4 is 64.6 Å². The van der Waals surface area contributed by atoms with E-state index in [1.807, 2.05) is 9.80 Å². The van der Waals surface area contributed by atoms with Crippen molar-refractivity contribution in [1.29, 1.82) is 0 Å². The Kier molecular flexibility index (Phi) is 9.16. The summed E-state index contributed by atoms with van der Waals surface area (Å²) in [5.41, 5.74) is 0.479. The molecule has 0 atom stereocenters. The molecule has 0 spiro atoms. The minimum Gasteiger partial charge on any atom is -0.349 e. The van der Waals surface area contributed by atoms with E-state index < -0.39 is 15.7 Å². The SMILES string of the molecule is Cl.Cl.O=[N+]([O-])c1c(Nc2ccncc2)nc(N2CCNCC2)nc1N1CCS(=O)CC1. The molecule has 4 heterocycles. The maximum Gasteiger partial charge on any atom is 0.353 e. The summed E-state index contributed by atoms with van der Waals surface area (Å²) in [6.07, 6.45) is 3.21. The molecule has 0 aliphatic carbocycles. The Labute approximate surface area is 194 Å². The summed E-state index contributed by atoms with van der Waals surface area (Å²) in [6, 6.07) is 3.44. The van der Waals surface area contributed by atoms with Gasteiger partial charge in [-0.25, -0.2) is 0 Å². The summed E-state index contributed by atoms with van der Waals surface area (Å²) >= 11 is 0. The van der Waals surface area contributed by atoms with Gasteiger partial charge in [-0.2, -0.15) is 9.97 Å². The first kappa shape index (κ1) is 25.0. The molecule has 0 bridgehead atoms. The molecule has 170 valence electrons. The van der Waals surface area contributed by atoms with Gasteiger partial charge >= 0.3 is 5.69 Å². The highest BCUT2D eigenvalue weighted by molar-refractivity contribution is 7.85. The number of rotatable bonds is 5. The summed E-state index contributed by atoms with van der Waals surface area (Å²) in [5.74, 6) is 1.81. The number of piperazine rings is 1. The molecule has 0 amide bonds. The van der Waals surface area contributed by atoms with Crippen LogP contribution >= 0.6 is 24.8 Å². The van der Waals surface area contributed by atoms with Gasteiger partial charge in [-0.05, 0) is 12.1 Å². The maximum atomic E-state index is 12.0. The normalized spacial score (nSPS) is 16.8. The summed E-state index contributed by atoms with van der Waals surface area (Å²) in [7, 11) is -0.895. The molecule has 4 rings (SSSR count). The van der Waals surface area contributed by atoms with Gasteiger partial charge in [0.2, 0.25) is 17.6 Å². The van der Waals surface area contributed by atoms with Crippen LogP contribution in [0.5, 0.6) is 0 Å². The number of aromatic nitrogens is 3. The third kappa shape index (κ3) is 5.91. The third-order valence-corrected chi connectivity index (χ3v) is 6.13. The van der Waals surface area contributed by atoms with E-state index in [1.165, 1.54) is 0 Å². The molecule has 0 saturated carbocycles. The zero-order valence-corrected chi connectivity index (χ0v) is 19.0. The van der Waals surface area contributed by atoms with E-state index in [4.69, 9.17) is 0 Å². The summed E-state index contributed by atoms with van der Waals surface area (Å²) in [4.78, 5) is 28.5. The number of anilines is 4.